The Morgan fingerprint density at radius 3 is 2.81 bits per heavy atom. The van der Waals surface area contributed by atoms with Gasteiger partial charge in [0.05, 0.1) is 16.7 Å². The van der Waals surface area contributed by atoms with Gasteiger partial charge in [0.15, 0.2) is 5.82 Å². The lowest BCUT2D eigenvalue weighted by Crippen LogP contribution is -2.40. The number of nitro groups is 1. The molecule has 1 aromatic carbocycles. The molecule has 3 unspecified atom stereocenters. The minimum Gasteiger partial charge on any atom is -0.480 e. The highest BCUT2D eigenvalue weighted by molar-refractivity contribution is 5.80. The van der Waals surface area contributed by atoms with Crippen molar-refractivity contribution >= 4 is 17.3 Å². The Morgan fingerprint density at radius 2 is 2.19 bits per heavy atom. The zero-order valence-corrected chi connectivity index (χ0v) is 11.2. The maximum Gasteiger partial charge on any atom is 0.326 e. The van der Waals surface area contributed by atoms with Crippen LogP contribution < -0.4 is 4.90 Å². The summed E-state index contributed by atoms with van der Waals surface area (Å²) >= 11 is 0. The summed E-state index contributed by atoms with van der Waals surface area (Å²) < 4.78 is 14.1. The van der Waals surface area contributed by atoms with Crippen LogP contribution in [0.15, 0.2) is 18.2 Å². The minimum atomic E-state index is -0.956. The molecule has 2 aliphatic rings. The van der Waals surface area contributed by atoms with Gasteiger partial charge in [0.2, 0.25) is 0 Å². The monoisotopic (exact) mass is 294 g/mol. The molecule has 7 heteroatoms. The van der Waals surface area contributed by atoms with E-state index in [2.05, 4.69) is 0 Å². The van der Waals surface area contributed by atoms with Crippen LogP contribution in [0.5, 0.6) is 0 Å². The highest BCUT2D eigenvalue weighted by atomic mass is 19.1. The van der Waals surface area contributed by atoms with Gasteiger partial charge < -0.3 is 10.0 Å². The van der Waals surface area contributed by atoms with Crippen molar-refractivity contribution in [3.8, 4) is 0 Å². The summed E-state index contributed by atoms with van der Waals surface area (Å²) in [5.74, 6) is -1.39. The number of hydrogen-bond donors (Lipinski definition) is 1. The Kier molecular flexibility index (Phi) is 3.27. The van der Waals surface area contributed by atoms with Gasteiger partial charge in [-0.25, -0.2) is 9.18 Å². The summed E-state index contributed by atoms with van der Waals surface area (Å²) in [4.78, 5) is 23.1. The SMILES string of the molecule is O=C(O)C1C2CCCC2CN1c1ccc([N+](=O)[O-])cc1F. The summed E-state index contributed by atoms with van der Waals surface area (Å²) in [6.07, 6.45) is 2.81. The third-order valence-electron chi connectivity index (χ3n) is 4.59. The number of halogens is 1. The van der Waals surface area contributed by atoms with Crippen molar-refractivity contribution in [1.29, 1.82) is 0 Å². The summed E-state index contributed by atoms with van der Waals surface area (Å²) in [6.45, 7) is 0.496. The van der Waals surface area contributed by atoms with Crippen molar-refractivity contribution in [3.05, 3.63) is 34.1 Å². The third-order valence-corrected chi connectivity index (χ3v) is 4.59. The summed E-state index contributed by atoms with van der Waals surface area (Å²) in [7, 11) is 0. The number of carboxylic acid groups (broad SMARTS) is 1. The highest BCUT2D eigenvalue weighted by Gasteiger charge is 2.48. The average molecular weight is 294 g/mol. The molecular weight excluding hydrogens is 279 g/mol. The van der Waals surface area contributed by atoms with Crippen LogP contribution in [0, 0.1) is 27.8 Å². The molecule has 1 N–H and O–H groups in total. The first-order chi connectivity index (χ1) is 9.99. The molecule has 0 bridgehead atoms. The summed E-state index contributed by atoms with van der Waals surface area (Å²) in [5.41, 5.74) is -0.190. The Bertz CT molecular complexity index is 607. The highest BCUT2D eigenvalue weighted by Crippen LogP contribution is 2.44. The van der Waals surface area contributed by atoms with E-state index in [9.17, 15) is 24.4 Å². The first kappa shape index (κ1) is 13.8. The number of fused-ring (bicyclic) bond motifs is 1. The molecule has 21 heavy (non-hydrogen) atoms. The van der Waals surface area contributed by atoms with Gasteiger partial charge in [-0.15, -0.1) is 0 Å². The summed E-state index contributed by atoms with van der Waals surface area (Å²) in [5, 5.41) is 20.1. The van der Waals surface area contributed by atoms with Gasteiger partial charge in [0, 0.05) is 12.6 Å². The number of benzene rings is 1. The maximum atomic E-state index is 14.1. The quantitative estimate of drug-likeness (QED) is 0.683. The normalized spacial score (nSPS) is 27.7. The largest absolute Gasteiger partial charge is 0.480 e. The molecule has 112 valence electrons. The van der Waals surface area contributed by atoms with Crippen molar-refractivity contribution in [2.45, 2.75) is 25.3 Å². The summed E-state index contributed by atoms with van der Waals surface area (Å²) in [6, 6.07) is 2.63. The van der Waals surface area contributed by atoms with Crippen LogP contribution in [0.4, 0.5) is 15.8 Å². The first-order valence-electron chi connectivity index (χ1n) is 6.92. The number of anilines is 1. The molecular formula is C14H15FN2O4. The Hall–Kier alpha value is -2.18. The van der Waals surface area contributed by atoms with Crippen LogP contribution >= 0.6 is 0 Å². The molecule has 1 heterocycles. The molecule has 1 aliphatic heterocycles. The molecule has 1 saturated heterocycles. The van der Waals surface area contributed by atoms with Crippen LogP contribution in [0.1, 0.15) is 19.3 Å². The zero-order chi connectivity index (χ0) is 15.1. The first-order valence-corrected chi connectivity index (χ1v) is 6.92. The number of aliphatic carboxylic acids is 1. The topological polar surface area (TPSA) is 83.7 Å². The van der Waals surface area contributed by atoms with E-state index in [1.807, 2.05) is 0 Å². The zero-order valence-electron chi connectivity index (χ0n) is 11.2. The lowest BCUT2D eigenvalue weighted by Gasteiger charge is -2.26. The Labute approximate surface area is 120 Å². The van der Waals surface area contributed by atoms with Crippen molar-refractivity contribution in [3.63, 3.8) is 0 Å². The van der Waals surface area contributed by atoms with Gasteiger partial charge >= 0.3 is 5.97 Å². The standard InChI is InChI=1S/C14H15FN2O4/c15-11-6-9(17(20)21)4-5-12(11)16-7-8-2-1-3-10(8)13(16)14(18)19/h4-6,8,10,13H,1-3,7H2,(H,18,19). The van der Waals surface area contributed by atoms with E-state index < -0.39 is 22.8 Å². The average Bonchev–Trinajstić information content (AvgIpc) is 2.97. The molecule has 1 aromatic rings. The lowest BCUT2D eigenvalue weighted by atomic mass is 9.94. The molecule has 0 amide bonds. The second-order valence-corrected chi connectivity index (χ2v) is 5.68. The van der Waals surface area contributed by atoms with E-state index in [4.69, 9.17) is 0 Å². The van der Waals surface area contributed by atoms with Gasteiger partial charge in [0.1, 0.15) is 6.04 Å². The van der Waals surface area contributed by atoms with E-state index in [1.165, 1.54) is 12.1 Å². The predicted molar refractivity (Wildman–Crippen MR) is 72.7 cm³/mol. The number of non-ortho nitro benzene ring substituents is 1. The lowest BCUT2D eigenvalue weighted by molar-refractivity contribution is -0.385. The van der Waals surface area contributed by atoms with E-state index in [0.717, 1.165) is 25.3 Å². The number of rotatable bonds is 3. The van der Waals surface area contributed by atoms with Gasteiger partial charge in [-0.3, -0.25) is 10.1 Å². The van der Waals surface area contributed by atoms with Crippen LogP contribution in [0.3, 0.4) is 0 Å². The number of carboxylic acids is 1. The van der Waals surface area contributed by atoms with Gasteiger partial charge in [-0.2, -0.15) is 0 Å². The number of carbonyl (C=O) groups is 1. The number of nitro benzene ring substituents is 1. The van der Waals surface area contributed by atoms with E-state index >= 15 is 0 Å². The molecule has 1 aliphatic carbocycles. The molecule has 3 rings (SSSR count). The smallest absolute Gasteiger partial charge is 0.326 e. The number of nitrogens with zero attached hydrogens (tertiary/aromatic N) is 2. The third kappa shape index (κ3) is 2.22. The maximum absolute atomic E-state index is 14.1. The number of hydrogen-bond acceptors (Lipinski definition) is 4. The molecule has 6 nitrogen and oxygen atoms in total. The van der Waals surface area contributed by atoms with Gasteiger partial charge in [0.25, 0.3) is 5.69 Å². The van der Waals surface area contributed by atoms with Gasteiger partial charge in [-0.1, -0.05) is 6.42 Å². The minimum absolute atomic E-state index is 0.0390. The van der Waals surface area contributed by atoms with Crippen LogP contribution in [0.25, 0.3) is 0 Å². The van der Waals surface area contributed by atoms with E-state index in [-0.39, 0.29) is 23.2 Å². The second kappa shape index (κ2) is 4.98. The Balaban J connectivity index is 1.96. The van der Waals surface area contributed by atoms with Crippen molar-refractivity contribution in [2.75, 3.05) is 11.4 Å². The van der Waals surface area contributed by atoms with E-state index in [1.54, 1.807) is 4.90 Å². The molecule has 0 aromatic heterocycles. The Morgan fingerprint density at radius 1 is 1.43 bits per heavy atom. The van der Waals surface area contributed by atoms with Crippen LogP contribution in [0.2, 0.25) is 0 Å². The fraction of sp³-hybridized carbons (Fsp3) is 0.500. The molecule has 3 atom stereocenters. The van der Waals surface area contributed by atoms with Gasteiger partial charge in [-0.05, 0) is 30.7 Å². The van der Waals surface area contributed by atoms with Crippen LogP contribution in [-0.4, -0.2) is 28.6 Å². The molecule has 0 radical (unpaired) electrons. The van der Waals surface area contributed by atoms with Crippen molar-refractivity contribution in [1.82, 2.24) is 0 Å². The fourth-order valence-corrected chi connectivity index (χ4v) is 3.71. The van der Waals surface area contributed by atoms with Crippen LogP contribution in [-0.2, 0) is 4.79 Å². The van der Waals surface area contributed by atoms with E-state index in [0.29, 0.717) is 6.54 Å². The molecule has 0 spiro atoms. The molecule has 2 fully saturated rings. The van der Waals surface area contributed by atoms with Crippen molar-refractivity contribution < 1.29 is 19.2 Å². The fourth-order valence-electron chi connectivity index (χ4n) is 3.71. The van der Waals surface area contributed by atoms with Crippen molar-refractivity contribution in [2.24, 2.45) is 11.8 Å². The second-order valence-electron chi connectivity index (χ2n) is 5.68. The molecule has 1 saturated carbocycles. The predicted octanol–water partition coefficient (Wildman–Crippen LogP) is 2.42.